The van der Waals surface area contributed by atoms with Gasteiger partial charge in [-0.3, -0.25) is 9.78 Å². The lowest BCUT2D eigenvalue weighted by Crippen LogP contribution is -2.14. The fourth-order valence-electron chi connectivity index (χ4n) is 1.14. The summed E-state index contributed by atoms with van der Waals surface area (Å²) in [6.07, 6.45) is 5.75. The van der Waals surface area contributed by atoms with Crippen LogP contribution < -0.4 is 5.32 Å². The molecule has 17 heavy (non-hydrogen) atoms. The summed E-state index contributed by atoms with van der Waals surface area (Å²) in [6.45, 7) is 0. The highest BCUT2D eigenvalue weighted by Gasteiger charge is 2.07. The molecule has 0 saturated heterocycles. The third-order valence-corrected chi connectivity index (χ3v) is 1.93. The smallest absolute Gasteiger partial charge is 0.275 e. The first-order chi connectivity index (χ1) is 8.29. The summed E-state index contributed by atoms with van der Waals surface area (Å²) in [5.41, 5.74) is 0.621. The van der Waals surface area contributed by atoms with Gasteiger partial charge in [-0.05, 0) is 12.1 Å². The molecule has 2 heterocycles. The van der Waals surface area contributed by atoms with Gasteiger partial charge in [-0.25, -0.2) is 9.97 Å². The number of anilines is 1. The van der Waals surface area contributed by atoms with Gasteiger partial charge in [0.1, 0.15) is 11.8 Å². The Morgan fingerprint density at radius 2 is 2.12 bits per heavy atom. The summed E-state index contributed by atoms with van der Waals surface area (Å²) in [5, 5.41) is 11.1. The Balaban J connectivity index is 2.13. The molecule has 0 aliphatic rings. The van der Waals surface area contributed by atoms with Gasteiger partial charge in [0.15, 0.2) is 5.82 Å². The Morgan fingerprint density at radius 1 is 1.24 bits per heavy atom. The lowest BCUT2D eigenvalue weighted by Gasteiger charge is -2.02. The zero-order valence-electron chi connectivity index (χ0n) is 8.66. The van der Waals surface area contributed by atoms with Crippen LogP contribution in [-0.2, 0) is 0 Å². The molecule has 1 amide bonds. The van der Waals surface area contributed by atoms with E-state index >= 15 is 0 Å². The van der Waals surface area contributed by atoms with Crippen molar-refractivity contribution in [3.05, 3.63) is 48.2 Å². The van der Waals surface area contributed by atoms with Crippen molar-refractivity contribution in [2.45, 2.75) is 0 Å². The fraction of sp³-hybridized carbons (Fsp3) is 0. The maximum absolute atomic E-state index is 11.7. The first kappa shape index (κ1) is 10.7. The predicted octanol–water partition coefficient (Wildman–Crippen LogP) is 0.996. The molecular weight excluding hydrogens is 218 g/mol. The quantitative estimate of drug-likeness (QED) is 0.822. The minimum atomic E-state index is -0.394. The first-order valence-electron chi connectivity index (χ1n) is 4.73. The molecule has 6 nitrogen and oxygen atoms in total. The molecule has 0 atom stereocenters. The van der Waals surface area contributed by atoms with Gasteiger partial charge in [-0.15, -0.1) is 0 Å². The van der Waals surface area contributed by atoms with Crippen molar-refractivity contribution >= 4 is 11.7 Å². The van der Waals surface area contributed by atoms with E-state index in [9.17, 15) is 4.79 Å². The summed E-state index contributed by atoms with van der Waals surface area (Å²) in [5.74, 6) is -0.0429. The van der Waals surface area contributed by atoms with Crippen LogP contribution in [0.2, 0.25) is 0 Å². The number of hydrogen-bond acceptors (Lipinski definition) is 5. The minimum Gasteiger partial charge on any atom is -0.304 e. The van der Waals surface area contributed by atoms with Gasteiger partial charge in [0.05, 0.1) is 11.8 Å². The zero-order chi connectivity index (χ0) is 12.1. The maximum atomic E-state index is 11.7. The van der Waals surface area contributed by atoms with Crippen LogP contribution in [0, 0.1) is 11.3 Å². The molecule has 2 aromatic rings. The Morgan fingerprint density at radius 3 is 2.71 bits per heavy atom. The number of carbonyl (C=O) groups excluding carboxylic acids is 1. The monoisotopic (exact) mass is 225 g/mol. The molecule has 1 N–H and O–H groups in total. The summed E-state index contributed by atoms with van der Waals surface area (Å²) in [7, 11) is 0. The molecule has 2 aromatic heterocycles. The van der Waals surface area contributed by atoms with Crippen LogP contribution in [-0.4, -0.2) is 20.9 Å². The predicted molar refractivity (Wildman–Crippen MR) is 58.9 cm³/mol. The van der Waals surface area contributed by atoms with Crippen LogP contribution in [0.25, 0.3) is 0 Å². The average molecular weight is 225 g/mol. The van der Waals surface area contributed by atoms with Crippen molar-refractivity contribution in [1.82, 2.24) is 15.0 Å². The van der Waals surface area contributed by atoms with Crippen LogP contribution in [0.5, 0.6) is 0 Å². The van der Waals surface area contributed by atoms with Crippen LogP contribution in [0.3, 0.4) is 0 Å². The SMILES string of the molecule is N#Cc1ccc(C(=O)Nc2cnccn2)nc1. The van der Waals surface area contributed by atoms with Crippen molar-refractivity contribution < 1.29 is 4.79 Å². The molecule has 0 aromatic carbocycles. The van der Waals surface area contributed by atoms with E-state index in [1.165, 1.54) is 36.9 Å². The van der Waals surface area contributed by atoms with Gasteiger partial charge in [0, 0.05) is 18.6 Å². The number of aromatic nitrogens is 3. The highest BCUT2D eigenvalue weighted by atomic mass is 16.1. The van der Waals surface area contributed by atoms with Crippen molar-refractivity contribution in [1.29, 1.82) is 5.26 Å². The molecule has 6 heteroatoms. The van der Waals surface area contributed by atoms with Crippen molar-refractivity contribution in [2.24, 2.45) is 0 Å². The van der Waals surface area contributed by atoms with Crippen molar-refractivity contribution in [3.8, 4) is 6.07 Å². The topological polar surface area (TPSA) is 91.6 Å². The highest BCUT2D eigenvalue weighted by Crippen LogP contribution is 2.03. The lowest BCUT2D eigenvalue weighted by molar-refractivity contribution is 0.102. The van der Waals surface area contributed by atoms with Gasteiger partial charge in [-0.1, -0.05) is 0 Å². The number of nitriles is 1. The van der Waals surface area contributed by atoms with E-state index in [4.69, 9.17) is 5.26 Å². The molecule has 0 unspecified atom stereocenters. The van der Waals surface area contributed by atoms with E-state index in [1.54, 1.807) is 0 Å². The maximum Gasteiger partial charge on any atom is 0.275 e. The summed E-state index contributed by atoms with van der Waals surface area (Å²) in [6, 6.07) is 4.93. The van der Waals surface area contributed by atoms with E-state index in [-0.39, 0.29) is 5.69 Å². The average Bonchev–Trinajstić information content (AvgIpc) is 2.40. The second-order valence-corrected chi connectivity index (χ2v) is 3.09. The molecule has 82 valence electrons. The minimum absolute atomic E-state index is 0.217. The molecule has 0 aliphatic carbocycles. The molecule has 0 saturated carbocycles. The van der Waals surface area contributed by atoms with Crippen LogP contribution in [0.4, 0.5) is 5.82 Å². The second kappa shape index (κ2) is 4.81. The Bertz CT molecular complexity index is 559. The van der Waals surface area contributed by atoms with E-state index in [2.05, 4.69) is 20.3 Å². The number of pyridine rings is 1. The molecule has 0 bridgehead atoms. The van der Waals surface area contributed by atoms with Crippen LogP contribution >= 0.6 is 0 Å². The second-order valence-electron chi connectivity index (χ2n) is 3.09. The summed E-state index contributed by atoms with van der Waals surface area (Å²) < 4.78 is 0. The normalized spacial score (nSPS) is 9.35. The molecule has 0 radical (unpaired) electrons. The van der Waals surface area contributed by atoms with E-state index < -0.39 is 5.91 Å². The van der Waals surface area contributed by atoms with Crippen molar-refractivity contribution in [3.63, 3.8) is 0 Å². The number of hydrogen-bond donors (Lipinski definition) is 1. The zero-order valence-corrected chi connectivity index (χ0v) is 8.66. The van der Waals surface area contributed by atoms with E-state index in [0.29, 0.717) is 11.4 Å². The number of nitrogens with zero attached hydrogens (tertiary/aromatic N) is 4. The third-order valence-electron chi connectivity index (χ3n) is 1.93. The number of nitrogens with one attached hydrogen (secondary N) is 1. The molecule has 0 spiro atoms. The summed E-state index contributed by atoms with van der Waals surface area (Å²) >= 11 is 0. The molecule has 0 aliphatic heterocycles. The summed E-state index contributed by atoms with van der Waals surface area (Å²) in [4.78, 5) is 23.3. The standard InChI is InChI=1S/C11H7N5O/c12-5-8-1-2-9(15-6-8)11(17)16-10-7-13-3-4-14-10/h1-4,6-7H,(H,14,16,17). The van der Waals surface area contributed by atoms with Gasteiger partial charge >= 0.3 is 0 Å². The van der Waals surface area contributed by atoms with Crippen molar-refractivity contribution in [2.75, 3.05) is 5.32 Å². The van der Waals surface area contributed by atoms with E-state index in [0.717, 1.165) is 0 Å². The van der Waals surface area contributed by atoms with Gasteiger partial charge in [0.2, 0.25) is 0 Å². The Kier molecular flexibility index (Phi) is 3.03. The highest BCUT2D eigenvalue weighted by molar-refractivity contribution is 6.02. The Hall–Kier alpha value is -2.81. The van der Waals surface area contributed by atoms with Crippen LogP contribution in [0.15, 0.2) is 36.9 Å². The van der Waals surface area contributed by atoms with Gasteiger partial charge < -0.3 is 5.32 Å². The lowest BCUT2D eigenvalue weighted by atomic mass is 10.2. The molecular formula is C11H7N5O. The van der Waals surface area contributed by atoms with Crippen LogP contribution in [0.1, 0.15) is 16.1 Å². The number of amides is 1. The number of rotatable bonds is 2. The van der Waals surface area contributed by atoms with E-state index in [1.807, 2.05) is 6.07 Å². The first-order valence-corrected chi connectivity index (χ1v) is 4.73. The van der Waals surface area contributed by atoms with Gasteiger partial charge in [-0.2, -0.15) is 5.26 Å². The molecule has 2 rings (SSSR count). The Labute approximate surface area is 97.0 Å². The fourth-order valence-corrected chi connectivity index (χ4v) is 1.14. The largest absolute Gasteiger partial charge is 0.304 e. The number of carbonyl (C=O) groups is 1. The molecule has 0 fully saturated rings. The third kappa shape index (κ3) is 2.60. The van der Waals surface area contributed by atoms with Gasteiger partial charge in [0.25, 0.3) is 5.91 Å².